The first-order valence-electron chi connectivity index (χ1n) is 5.36. The van der Waals surface area contributed by atoms with E-state index in [0.29, 0.717) is 0 Å². The van der Waals surface area contributed by atoms with Gasteiger partial charge in [0, 0.05) is 12.4 Å². The Hall–Kier alpha value is -1.98. The summed E-state index contributed by atoms with van der Waals surface area (Å²) < 4.78 is 0. The molecular weight excluding hydrogens is 222 g/mol. The van der Waals surface area contributed by atoms with Crippen LogP contribution in [-0.2, 0) is 4.79 Å². The first-order valence-corrected chi connectivity index (χ1v) is 5.36. The highest BCUT2D eigenvalue weighted by atomic mass is 16.4. The van der Waals surface area contributed by atoms with E-state index in [1.807, 2.05) is 0 Å². The molecular formula is C11H13N3O3. The fourth-order valence-corrected chi connectivity index (χ4v) is 1.71. The van der Waals surface area contributed by atoms with Crippen LogP contribution in [0.4, 0.5) is 0 Å². The molecule has 6 heteroatoms. The predicted octanol–water partition coefficient (Wildman–Crippen LogP) is 0.460. The van der Waals surface area contributed by atoms with Crippen LogP contribution >= 0.6 is 0 Å². The quantitative estimate of drug-likeness (QED) is 0.790. The van der Waals surface area contributed by atoms with Crippen LogP contribution in [0, 0.1) is 5.92 Å². The Morgan fingerprint density at radius 2 is 2.18 bits per heavy atom. The summed E-state index contributed by atoms with van der Waals surface area (Å²) in [6.45, 7) is 1.53. The van der Waals surface area contributed by atoms with E-state index in [4.69, 9.17) is 0 Å². The second kappa shape index (κ2) is 4.12. The Bertz CT molecular complexity index is 445. The van der Waals surface area contributed by atoms with Crippen LogP contribution in [0.1, 0.15) is 30.3 Å². The Balaban J connectivity index is 2.14. The Morgan fingerprint density at radius 3 is 2.65 bits per heavy atom. The molecule has 0 saturated heterocycles. The van der Waals surface area contributed by atoms with E-state index in [-0.39, 0.29) is 11.6 Å². The van der Waals surface area contributed by atoms with Crippen LogP contribution < -0.4 is 5.32 Å². The largest absolute Gasteiger partial charge is 0.480 e. The lowest BCUT2D eigenvalue weighted by atomic mass is 9.96. The summed E-state index contributed by atoms with van der Waals surface area (Å²) in [7, 11) is 0. The van der Waals surface area contributed by atoms with E-state index in [2.05, 4.69) is 15.3 Å². The number of carbonyl (C=O) groups excluding carboxylic acids is 1. The van der Waals surface area contributed by atoms with Gasteiger partial charge in [-0.3, -0.25) is 9.78 Å². The number of hydrogen-bond donors (Lipinski definition) is 2. The van der Waals surface area contributed by atoms with Crippen LogP contribution in [0.3, 0.4) is 0 Å². The lowest BCUT2D eigenvalue weighted by molar-refractivity contribution is -0.144. The van der Waals surface area contributed by atoms with Crippen LogP contribution in [0.25, 0.3) is 0 Å². The molecule has 90 valence electrons. The number of hydrogen-bond acceptors (Lipinski definition) is 4. The van der Waals surface area contributed by atoms with Gasteiger partial charge in [0.05, 0.1) is 6.20 Å². The van der Waals surface area contributed by atoms with Crippen molar-refractivity contribution >= 4 is 11.9 Å². The maximum atomic E-state index is 11.8. The topological polar surface area (TPSA) is 92.2 Å². The predicted molar refractivity (Wildman–Crippen MR) is 58.3 cm³/mol. The number of amides is 1. The van der Waals surface area contributed by atoms with Crippen molar-refractivity contribution in [2.45, 2.75) is 25.3 Å². The molecule has 6 nitrogen and oxygen atoms in total. The summed E-state index contributed by atoms with van der Waals surface area (Å²) >= 11 is 0. The zero-order valence-corrected chi connectivity index (χ0v) is 9.38. The maximum Gasteiger partial charge on any atom is 0.329 e. The minimum absolute atomic E-state index is 0.000575. The smallest absolute Gasteiger partial charge is 0.329 e. The molecule has 1 aliphatic rings. The van der Waals surface area contributed by atoms with Gasteiger partial charge in [-0.2, -0.15) is 0 Å². The Labute approximate surface area is 98.1 Å². The zero-order chi connectivity index (χ0) is 12.5. The summed E-state index contributed by atoms with van der Waals surface area (Å²) in [5.74, 6) is -1.52. The highest BCUT2D eigenvalue weighted by molar-refractivity contribution is 5.96. The van der Waals surface area contributed by atoms with Gasteiger partial charge in [0.2, 0.25) is 0 Å². The molecule has 1 aromatic heterocycles. The molecule has 0 aromatic carbocycles. The summed E-state index contributed by atoms with van der Waals surface area (Å²) in [6.07, 6.45) is 5.80. The van der Waals surface area contributed by atoms with E-state index in [1.54, 1.807) is 0 Å². The van der Waals surface area contributed by atoms with E-state index in [1.165, 1.54) is 25.5 Å². The number of rotatable bonds is 4. The first kappa shape index (κ1) is 11.5. The van der Waals surface area contributed by atoms with E-state index < -0.39 is 17.4 Å². The number of nitrogens with one attached hydrogen (secondary N) is 1. The first-order chi connectivity index (χ1) is 8.04. The van der Waals surface area contributed by atoms with Crippen molar-refractivity contribution in [3.05, 3.63) is 24.3 Å². The molecule has 1 fully saturated rings. The van der Waals surface area contributed by atoms with Crippen molar-refractivity contribution in [3.8, 4) is 0 Å². The molecule has 0 spiro atoms. The van der Waals surface area contributed by atoms with Crippen LogP contribution in [-0.4, -0.2) is 32.5 Å². The molecule has 1 aromatic rings. The number of carboxylic acids is 1. The number of nitrogens with zero attached hydrogens (tertiary/aromatic N) is 2. The highest BCUT2D eigenvalue weighted by Gasteiger charge is 2.48. The molecule has 1 heterocycles. The van der Waals surface area contributed by atoms with Crippen molar-refractivity contribution in [2.24, 2.45) is 5.92 Å². The van der Waals surface area contributed by atoms with Gasteiger partial charge in [-0.15, -0.1) is 0 Å². The molecule has 1 atom stereocenters. The summed E-state index contributed by atoms with van der Waals surface area (Å²) in [4.78, 5) is 30.6. The maximum absolute atomic E-state index is 11.8. The third kappa shape index (κ3) is 2.25. The molecule has 0 aliphatic heterocycles. The molecule has 17 heavy (non-hydrogen) atoms. The average molecular weight is 235 g/mol. The van der Waals surface area contributed by atoms with Gasteiger partial charge >= 0.3 is 5.97 Å². The molecule has 0 bridgehead atoms. The van der Waals surface area contributed by atoms with Gasteiger partial charge in [0.15, 0.2) is 0 Å². The molecule has 1 aliphatic carbocycles. The van der Waals surface area contributed by atoms with Gasteiger partial charge in [-0.25, -0.2) is 9.78 Å². The highest BCUT2D eigenvalue weighted by Crippen LogP contribution is 2.39. The van der Waals surface area contributed by atoms with Crippen molar-refractivity contribution in [3.63, 3.8) is 0 Å². The van der Waals surface area contributed by atoms with Gasteiger partial charge in [-0.1, -0.05) is 0 Å². The van der Waals surface area contributed by atoms with E-state index >= 15 is 0 Å². The minimum Gasteiger partial charge on any atom is -0.480 e. The number of aromatic nitrogens is 2. The standard InChI is InChI=1S/C11H13N3O3/c1-11(10(16)17,7-2-3-7)14-9(15)8-6-12-4-5-13-8/h4-7H,2-3H2,1H3,(H,14,15)(H,16,17). The summed E-state index contributed by atoms with van der Waals surface area (Å²) in [5.41, 5.74) is -1.09. The number of carbonyl (C=O) groups is 2. The van der Waals surface area contributed by atoms with Gasteiger partial charge in [0.1, 0.15) is 11.2 Å². The third-order valence-corrected chi connectivity index (χ3v) is 3.01. The van der Waals surface area contributed by atoms with Crippen LogP contribution in [0.2, 0.25) is 0 Å². The molecule has 0 radical (unpaired) electrons. The summed E-state index contributed by atoms with van der Waals surface area (Å²) in [5, 5.41) is 11.7. The normalized spacial score (nSPS) is 18.2. The van der Waals surface area contributed by atoms with Gasteiger partial charge in [0.25, 0.3) is 5.91 Å². The zero-order valence-electron chi connectivity index (χ0n) is 9.38. The van der Waals surface area contributed by atoms with Crippen LogP contribution in [0.5, 0.6) is 0 Å². The number of carboxylic acid groups (broad SMARTS) is 1. The minimum atomic E-state index is -1.21. The fraction of sp³-hybridized carbons (Fsp3) is 0.455. The van der Waals surface area contributed by atoms with Crippen molar-refractivity contribution in [1.29, 1.82) is 0 Å². The lowest BCUT2D eigenvalue weighted by Crippen LogP contribution is -2.54. The van der Waals surface area contributed by atoms with Gasteiger partial charge < -0.3 is 10.4 Å². The molecule has 1 unspecified atom stereocenters. The van der Waals surface area contributed by atoms with Gasteiger partial charge in [-0.05, 0) is 25.7 Å². The van der Waals surface area contributed by atoms with Crippen molar-refractivity contribution < 1.29 is 14.7 Å². The Kier molecular flexibility index (Phi) is 2.79. The molecule has 2 rings (SSSR count). The molecule has 1 amide bonds. The average Bonchev–Trinajstić information content (AvgIpc) is 3.13. The second-order valence-corrected chi connectivity index (χ2v) is 4.33. The lowest BCUT2D eigenvalue weighted by Gasteiger charge is -2.25. The number of aliphatic carboxylic acids is 1. The van der Waals surface area contributed by atoms with E-state index in [0.717, 1.165) is 12.8 Å². The van der Waals surface area contributed by atoms with Crippen molar-refractivity contribution in [2.75, 3.05) is 0 Å². The summed E-state index contributed by atoms with van der Waals surface area (Å²) in [6, 6.07) is 0. The Morgan fingerprint density at radius 1 is 1.47 bits per heavy atom. The van der Waals surface area contributed by atoms with Crippen LogP contribution in [0.15, 0.2) is 18.6 Å². The second-order valence-electron chi connectivity index (χ2n) is 4.33. The third-order valence-electron chi connectivity index (χ3n) is 3.01. The SMILES string of the molecule is CC(NC(=O)c1cnccn1)(C(=O)O)C1CC1. The molecule has 1 saturated carbocycles. The monoisotopic (exact) mass is 235 g/mol. The fourth-order valence-electron chi connectivity index (χ4n) is 1.71. The molecule has 2 N–H and O–H groups in total. The van der Waals surface area contributed by atoms with Crippen molar-refractivity contribution in [1.82, 2.24) is 15.3 Å². The van der Waals surface area contributed by atoms with E-state index in [9.17, 15) is 14.7 Å².